The van der Waals surface area contributed by atoms with Crippen LogP contribution in [0.15, 0.2) is 24.3 Å². The molecule has 0 radical (unpaired) electrons. The van der Waals surface area contributed by atoms with E-state index in [9.17, 15) is 4.79 Å². The maximum absolute atomic E-state index is 12.3. The van der Waals surface area contributed by atoms with E-state index in [0.717, 1.165) is 11.3 Å². The number of anilines is 1. The van der Waals surface area contributed by atoms with Crippen molar-refractivity contribution in [3.8, 4) is 0 Å². The number of carbonyl (C=O) groups is 1. The van der Waals surface area contributed by atoms with Gasteiger partial charge in [0, 0.05) is 38.4 Å². The fourth-order valence-electron chi connectivity index (χ4n) is 2.26. The molecule has 1 heterocycles. The highest BCUT2D eigenvalue weighted by Gasteiger charge is 2.44. The number of hydrogen-bond acceptors (Lipinski definition) is 3. The summed E-state index contributed by atoms with van der Waals surface area (Å²) in [5.41, 5.74) is 7.83. The van der Waals surface area contributed by atoms with Crippen molar-refractivity contribution in [3.05, 3.63) is 29.8 Å². The first kappa shape index (κ1) is 13.9. The lowest BCUT2D eigenvalue weighted by Gasteiger charge is -2.50. The molecule has 104 valence electrons. The van der Waals surface area contributed by atoms with Gasteiger partial charge in [0.1, 0.15) is 0 Å². The molecule has 0 aliphatic carbocycles. The third-order valence-corrected chi connectivity index (χ3v) is 4.04. The molecule has 0 aromatic heterocycles. The lowest BCUT2D eigenvalue weighted by Crippen LogP contribution is -2.71. The normalized spacial score (nSPS) is 17.3. The molecule has 4 heteroatoms. The van der Waals surface area contributed by atoms with Gasteiger partial charge in [-0.05, 0) is 30.2 Å². The number of nitrogens with zero attached hydrogens (tertiary/aromatic N) is 2. The molecule has 1 amide bonds. The SMILES string of the molecule is CC(C)C1(N)CN(C(=O)c2ccc(N(C)C)cc2)C1. The molecule has 2 rings (SSSR count). The summed E-state index contributed by atoms with van der Waals surface area (Å²) in [6.45, 7) is 5.51. The van der Waals surface area contributed by atoms with Crippen molar-refractivity contribution in [2.75, 3.05) is 32.1 Å². The van der Waals surface area contributed by atoms with Crippen LogP contribution in [0.1, 0.15) is 24.2 Å². The summed E-state index contributed by atoms with van der Waals surface area (Å²) in [4.78, 5) is 16.1. The highest BCUT2D eigenvalue weighted by atomic mass is 16.2. The number of hydrogen-bond donors (Lipinski definition) is 1. The van der Waals surface area contributed by atoms with E-state index in [1.165, 1.54) is 0 Å². The molecule has 1 aromatic rings. The zero-order chi connectivity index (χ0) is 14.2. The van der Waals surface area contributed by atoms with Gasteiger partial charge in [0.15, 0.2) is 0 Å². The van der Waals surface area contributed by atoms with Gasteiger partial charge in [0.05, 0.1) is 5.54 Å². The molecule has 0 unspecified atom stereocenters. The molecule has 2 N–H and O–H groups in total. The Hall–Kier alpha value is -1.55. The summed E-state index contributed by atoms with van der Waals surface area (Å²) < 4.78 is 0. The fourth-order valence-corrected chi connectivity index (χ4v) is 2.26. The van der Waals surface area contributed by atoms with E-state index in [-0.39, 0.29) is 11.4 Å². The first-order valence-electron chi connectivity index (χ1n) is 6.69. The molecule has 1 aliphatic rings. The first-order valence-corrected chi connectivity index (χ1v) is 6.69. The van der Waals surface area contributed by atoms with Gasteiger partial charge >= 0.3 is 0 Å². The van der Waals surface area contributed by atoms with Crippen molar-refractivity contribution >= 4 is 11.6 Å². The van der Waals surface area contributed by atoms with Crippen LogP contribution >= 0.6 is 0 Å². The molecule has 1 saturated heterocycles. The van der Waals surface area contributed by atoms with E-state index < -0.39 is 0 Å². The Kier molecular flexibility index (Phi) is 3.54. The van der Waals surface area contributed by atoms with Gasteiger partial charge in [-0.25, -0.2) is 0 Å². The standard InChI is InChI=1S/C15H23N3O/c1-11(2)15(16)9-18(10-15)14(19)12-5-7-13(8-6-12)17(3)4/h5-8,11H,9-10,16H2,1-4H3. The first-order chi connectivity index (χ1) is 8.83. The molecule has 0 saturated carbocycles. The zero-order valence-electron chi connectivity index (χ0n) is 12.2. The highest BCUT2D eigenvalue weighted by Crippen LogP contribution is 2.27. The Labute approximate surface area is 115 Å². The van der Waals surface area contributed by atoms with Gasteiger partial charge in [-0.1, -0.05) is 13.8 Å². The average molecular weight is 261 g/mol. The van der Waals surface area contributed by atoms with Crippen LogP contribution in [-0.4, -0.2) is 43.5 Å². The van der Waals surface area contributed by atoms with E-state index in [1.807, 2.05) is 48.2 Å². The summed E-state index contributed by atoms with van der Waals surface area (Å²) in [6, 6.07) is 7.68. The molecule has 0 atom stereocenters. The second-order valence-corrected chi connectivity index (χ2v) is 5.99. The van der Waals surface area contributed by atoms with Gasteiger partial charge in [0.2, 0.25) is 0 Å². The number of amides is 1. The second kappa shape index (κ2) is 4.85. The second-order valence-electron chi connectivity index (χ2n) is 5.99. The van der Waals surface area contributed by atoms with Gasteiger partial charge in [0.25, 0.3) is 5.91 Å². The minimum Gasteiger partial charge on any atom is -0.378 e. The molecule has 0 spiro atoms. The molecule has 0 bridgehead atoms. The van der Waals surface area contributed by atoms with E-state index in [2.05, 4.69) is 13.8 Å². The molecular weight excluding hydrogens is 238 g/mol. The summed E-state index contributed by atoms with van der Waals surface area (Å²) >= 11 is 0. The van der Waals surface area contributed by atoms with Crippen molar-refractivity contribution in [1.82, 2.24) is 4.90 Å². The number of likely N-dealkylation sites (tertiary alicyclic amines) is 1. The van der Waals surface area contributed by atoms with Crippen LogP contribution in [0.2, 0.25) is 0 Å². The van der Waals surface area contributed by atoms with Crippen LogP contribution in [0, 0.1) is 5.92 Å². The molecule has 19 heavy (non-hydrogen) atoms. The van der Waals surface area contributed by atoms with Gasteiger partial charge < -0.3 is 15.5 Å². The van der Waals surface area contributed by atoms with Crippen LogP contribution in [0.5, 0.6) is 0 Å². The van der Waals surface area contributed by atoms with Gasteiger partial charge in [-0.15, -0.1) is 0 Å². The van der Waals surface area contributed by atoms with Gasteiger partial charge in [-0.2, -0.15) is 0 Å². The predicted molar refractivity (Wildman–Crippen MR) is 78.4 cm³/mol. The van der Waals surface area contributed by atoms with Crippen LogP contribution in [0.25, 0.3) is 0 Å². The third kappa shape index (κ3) is 2.59. The predicted octanol–water partition coefficient (Wildman–Crippen LogP) is 1.56. The quantitative estimate of drug-likeness (QED) is 0.898. The lowest BCUT2D eigenvalue weighted by atomic mass is 9.80. The van der Waals surface area contributed by atoms with E-state index >= 15 is 0 Å². The highest BCUT2D eigenvalue weighted by molar-refractivity contribution is 5.95. The Balaban J connectivity index is 2.02. The van der Waals surface area contributed by atoms with Crippen LogP contribution < -0.4 is 10.6 Å². The van der Waals surface area contributed by atoms with E-state index in [1.54, 1.807) is 0 Å². The van der Waals surface area contributed by atoms with Crippen LogP contribution in [0.4, 0.5) is 5.69 Å². The zero-order valence-corrected chi connectivity index (χ0v) is 12.2. The number of rotatable bonds is 3. The lowest BCUT2D eigenvalue weighted by molar-refractivity contribution is 0.0275. The van der Waals surface area contributed by atoms with Crippen LogP contribution in [-0.2, 0) is 0 Å². The molecular formula is C15H23N3O. The minimum absolute atomic E-state index is 0.0760. The molecule has 1 aromatic carbocycles. The van der Waals surface area contributed by atoms with Crippen molar-refractivity contribution in [2.45, 2.75) is 19.4 Å². The maximum Gasteiger partial charge on any atom is 0.253 e. The summed E-state index contributed by atoms with van der Waals surface area (Å²) in [5.74, 6) is 0.472. The number of carbonyl (C=O) groups excluding carboxylic acids is 1. The third-order valence-electron chi connectivity index (χ3n) is 4.04. The Morgan fingerprint density at radius 2 is 1.79 bits per heavy atom. The van der Waals surface area contributed by atoms with Crippen LogP contribution in [0.3, 0.4) is 0 Å². The molecule has 1 fully saturated rings. The topological polar surface area (TPSA) is 49.6 Å². The molecule has 4 nitrogen and oxygen atoms in total. The number of nitrogens with two attached hydrogens (primary N) is 1. The van der Waals surface area contributed by atoms with Crippen molar-refractivity contribution in [1.29, 1.82) is 0 Å². The average Bonchev–Trinajstić information content (AvgIpc) is 2.34. The van der Waals surface area contributed by atoms with Crippen molar-refractivity contribution in [3.63, 3.8) is 0 Å². The van der Waals surface area contributed by atoms with E-state index in [4.69, 9.17) is 5.73 Å². The maximum atomic E-state index is 12.3. The minimum atomic E-state index is -0.209. The largest absolute Gasteiger partial charge is 0.378 e. The smallest absolute Gasteiger partial charge is 0.253 e. The van der Waals surface area contributed by atoms with Crippen molar-refractivity contribution in [2.24, 2.45) is 11.7 Å². The monoisotopic (exact) mass is 261 g/mol. The molecule has 1 aliphatic heterocycles. The summed E-state index contributed by atoms with van der Waals surface area (Å²) in [5, 5.41) is 0. The van der Waals surface area contributed by atoms with Crippen molar-refractivity contribution < 1.29 is 4.79 Å². The Morgan fingerprint density at radius 1 is 1.26 bits per heavy atom. The number of benzene rings is 1. The summed E-state index contributed by atoms with van der Waals surface area (Å²) in [6.07, 6.45) is 0. The van der Waals surface area contributed by atoms with Gasteiger partial charge in [-0.3, -0.25) is 4.79 Å². The fraction of sp³-hybridized carbons (Fsp3) is 0.533. The Morgan fingerprint density at radius 3 is 2.21 bits per heavy atom. The van der Waals surface area contributed by atoms with E-state index in [0.29, 0.717) is 19.0 Å². The summed E-state index contributed by atoms with van der Waals surface area (Å²) in [7, 11) is 3.97. The Bertz CT molecular complexity index is 459.